The SMILES string of the molecule is O=C(O)C=Cc1ccsc1COc1ccc(CO)cc1. The lowest BCUT2D eigenvalue weighted by atomic mass is 10.2. The van der Waals surface area contributed by atoms with E-state index in [9.17, 15) is 4.79 Å². The van der Waals surface area contributed by atoms with Crippen LogP contribution in [0.3, 0.4) is 0 Å². The lowest BCUT2D eigenvalue weighted by molar-refractivity contribution is -0.131. The van der Waals surface area contributed by atoms with Gasteiger partial charge in [-0.15, -0.1) is 11.3 Å². The van der Waals surface area contributed by atoms with E-state index < -0.39 is 5.97 Å². The molecule has 2 aromatic rings. The second-order valence-electron chi connectivity index (χ2n) is 4.06. The van der Waals surface area contributed by atoms with E-state index in [1.54, 1.807) is 30.3 Å². The Bertz CT molecular complexity index is 599. The molecule has 0 saturated carbocycles. The van der Waals surface area contributed by atoms with E-state index in [2.05, 4.69) is 0 Å². The van der Waals surface area contributed by atoms with Gasteiger partial charge in [0.1, 0.15) is 12.4 Å². The van der Waals surface area contributed by atoms with Crippen LogP contribution >= 0.6 is 11.3 Å². The van der Waals surface area contributed by atoms with Crippen LogP contribution in [-0.4, -0.2) is 16.2 Å². The van der Waals surface area contributed by atoms with Gasteiger partial charge in [0.25, 0.3) is 0 Å². The molecule has 5 heteroatoms. The molecule has 0 unspecified atom stereocenters. The average molecular weight is 290 g/mol. The van der Waals surface area contributed by atoms with Gasteiger partial charge in [0.2, 0.25) is 0 Å². The normalized spacial score (nSPS) is 10.8. The summed E-state index contributed by atoms with van der Waals surface area (Å²) in [5, 5.41) is 19.5. The van der Waals surface area contributed by atoms with Crippen molar-refractivity contribution in [2.45, 2.75) is 13.2 Å². The summed E-state index contributed by atoms with van der Waals surface area (Å²) in [7, 11) is 0. The lowest BCUT2D eigenvalue weighted by Crippen LogP contribution is -1.95. The Kier molecular flexibility index (Phi) is 4.92. The Morgan fingerprint density at radius 3 is 2.65 bits per heavy atom. The molecule has 0 saturated heterocycles. The zero-order valence-corrected chi connectivity index (χ0v) is 11.5. The standard InChI is InChI=1S/C15H14O4S/c16-9-11-1-4-13(5-2-11)19-10-14-12(7-8-20-14)3-6-15(17)18/h1-8,16H,9-10H2,(H,17,18). The van der Waals surface area contributed by atoms with Gasteiger partial charge < -0.3 is 14.9 Å². The van der Waals surface area contributed by atoms with Gasteiger partial charge >= 0.3 is 5.97 Å². The van der Waals surface area contributed by atoms with Gasteiger partial charge in [0.15, 0.2) is 0 Å². The van der Waals surface area contributed by atoms with Gasteiger partial charge in [-0.1, -0.05) is 12.1 Å². The fourth-order valence-corrected chi connectivity index (χ4v) is 2.40. The number of aliphatic hydroxyl groups is 1. The molecule has 1 aromatic heterocycles. The maximum absolute atomic E-state index is 10.5. The zero-order valence-electron chi connectivity index (χ0n) is 10.7. The number of ether oxygens (including phenoxy) is 1. The van der Waals surface area contributed by atoms with Gasteiger partial charge in [0, 0.05) is 11.0 Å². The van der Waals surface area contributed by atoms with Crippen molar-refractivity contribution in [3.05, 3.63) is 57.8 Å². The highest BCUT2D eigenvalue weighted by Crippen LogP contribution is 2.21. The summed E-state index contributed by atoms with van der Waals surface area (Å²) in [5.41, 5.74) is 1.68. The number of carbonyl (C=O) groups is 1. The number of thiophene rings is 1. The largest absolute Gasteiger partial charge is 0.488 e. The van der Waals surface area contributed by atoms with E-state index in [-0.39, 0.29) is 6.61 Å². The van der Waals surface area contributed by atoms with Crippen LogP contribution in [0.5, 0.6) is 5.75 Å². The van der Waals surface area contributed by atoms with E-state index in [1.165, 1.54) is 11.3 Å². The van der Waals surface area contributed by atoms with E-state index in [0.717, 1.165) is 22.1 Å². The van der Waals surface area contributed by atoms with Crippen LogP contribution in [0.1, 0.15) is 16.0 Å². The summed E-state index contributed by atoms with van der Waals surface area (Å²) in [6.07, 6.45) is 2.67. The second kappa shape index (κ2) is 6.88. The molecule has 0 aliphatic rings. The third-order valence-corrected chi connectivity index (χ3v) is 3.57. The van der Waals surface area contributed by atoms with Crippen molar-refractivity contribution >= 4 is 23.4 Å². The Labute approximate surface area is 120 Å². The number of hydrogen-bond donors (Lipinski definition) is 2. The van der Waals surface area contributed by atoms with Crippen LogP contribution in [0.2, 0.25) is 0 Å². The number of aliphatic hydroxyl groups excluding tert-OH is 1. The molecular weight excluding hydrogens is 276 g/mol. The van der Waals surface area contributed by atoms with Crippen molar-refractivity contribution in [2.24, 2.45) is 0 Å². The fraction of sp³-hybridized carbons (Fsp3) is 0.133. The van der Waals surface area contributed by atoms with Crippen molar-refractivity contribution in [1.29, 1.82) is 0 Å². The Morgan fingerprint density at radius 1 is 1.25 bits per heavy atom. The molecule has 0 atom stereocenters. The molecule has 1 aromatic carbocycles. The predicted molar refractivity (Wildman–Crippen MR) is 77.7 cm³/mol. The Hall–Kier alpha value is -2.11. The molecule has 4 nitrogen and oxygen atoms in total. The third-order valence-electron chi connectivity index (χ3n) is 2.66. The first-order valence-electron chi connectivity index (χ1n) is 5.99. The van der Waals surface area contributed by atoms with Gasteiger partial charge in [-0.3, -0.25) is 0 Å². The topological polar surface area (TPSA) is 66.8 Å². The maximum Gasteiger partial charge on any atom is 0.328 e. The van der Waals surface area contributed by atoms with E-state index in [1.807, 2.05) is 11.4 Å². The smallest absolute Gasteiger partial charge is 0.328 e. The number of carboxylic acid groups (broad SMARTS) is 1. The average Bonchev–Trinajstić information content (AvgIpc) is 2.91. The summed E-state index contributed by atoms with van der Waals surface area (Å²) in [5.74, 6) is -0.258. The number of benzene rings is 1. The van der Waals surface area contributed by atoms with Crippen molar-refractivity contribution < 1.29 is 19.7 Å². The zero-order chi connectivity index (χ0) is 14.4. The molecule has 0 aliphatic carbocycles. The Balaban J connectivity index is 2.00. The summed E-state index contributed by atoms with van der Waals surface area (Å²) in [6.45, 7) is 0.394. The number of rotatable bonds is 6. The summed E-state index contributed by atoms with van der Waals surface area (Å²) < 4.78 is 5.64. The van der Waals surface area contributed by atoms with Gasteiger partial charge in [-0.25, -0.2) is 4.79 Å². The molecular formula is C15H14O4S. The molecule has 2 rings (SSSR count). The van der Waals surface area contributed by atoms with E-state index >= 15 is 0 Å². The Morgan fingerprint density at radius 2 is 2.00 bits per heavy atom. The molecule has 0 bridgehead atoms. The van der Waals surface area contributed by atoms with Crippen molar-refractivity contribution in [3.63, 3.8) is 0 Å². The minimum atomic E-state index is -0.970. The highest BCUT2D eigenvalue weighted by molar-refractivity contribution is 7.10. The number of hydrogen-bond acceptors (Lipinski definition) is 4. The number of aliphatic carboxylic acids is 1. The second-order valence-corrected chi connectivity index (χ2v) is 5.06. The van der Waals surface area contributed by atoms with Gasteiger partial charge in [-0.05, 0) is 40.8 Å². The van der Waals surface area contributed by atoms with Gasteiger partial charge in [-0.2, -0.15) is 0 Å². The molecule has 0 radical (unpaired) electrons. The predicted octanol–water partition coefficient (Wildman–Crippen LogP) is 2.92. The molecule has 0 fully saturated rings. The minimum absolute atomic E-state index is 0.00926. The maximum atomic E-state index is 10.5. The number of carboxylic acids is 1. The molecule has 0 aliphatic heterocycles. The van der Waals surface area contributed by atoms with Crippen LogP contribution < -0.4 is 4.74 Å². The summed E-state index contributed by atoms with van der Waals surface area (Å²) >= 11 is 1.52. The van der Waals surface area contributed by atoms with Crippen molar-refractivity contribution in [2.75, 3.05) is 0 Å². The monoisotopic (exact) mass is 290 g/mol. The van der Waals surface area contributed by atoms with Crippen LogP contribution in [0, 0.1) is 0 Å². The molecule has 20 heavy (non-hydrogen) atoms. The summed E-state index contributed by atoms with van der Waals surface area (Å²) in [6, 6.07) is 9.06. The van der Waals surface area contributed by atoms with Crippen LogP contribution in [0.25, 0.3) is 6.08 Å². The van der Waals surface area contributed by atoms with Gasteiger partial charge in [0.05, 0.1) is 6.61 Å². The first-order chi connectivity index (χ1) is 9.69. The first-order valence-corrected chi connectivity index (χ1v) is 6.87. The first kappa shape index (κ1) is 14.3. The molecule has 104 valence electrons. The van der Waals surface area contributed by atoms with E-state index in [4.69, 9.17) is 14.9 Å². The van der Waals surface area contributed by atoms with E-state index in [0.29, 0.717) is 12.4 Å². The lowest BCUT2D eigenvalue weighted by Gasteiger charge is -2.06. The van der Waals surface area contributed by atoms with Crippen LogP contribution in [-0.2, 0) is 18.0 Å². The van der Waals surface area contributed by atoms with Crippen LogP contribution in [0.15, 0.2) is 41.8 Å². The fourth-order valence-electron chi connectivity index (χ4n) is 1.62. The molecule has 0 spiro atoms. The summed E-state index contributed by atoms with van der Waals surface area (Å²) in [4.78, 5) is 11.5. The molecule has 0 amide bonds. The van der Waals surface area contributed by atoms with Crippen molar-refractivity contribution in [3.8, 4) is 5.75 Å². The van der Waals surface area contributed by atoms with Crippen molar-refractivity contribution in [1.82, 2.24) is 0 Å². The highest BCUT2D eigenvalue weighted by atomic mass is 32.1. The third kappa shape index (κ3) is 3.94. The van der Waals surface area contributed by atoms with Crippen LogP contribution in [0.4, 0.5) is 0 Å². The quantitative estimate of drug-likeness (QED) is 0.803. The molecule has 2 N–H and O–H groups in total. The molecule has 1 heterocycles. The minimum Gasteiger partial charge on any atom is -0.488 e. The highest BCUT2D eigenvalue weighted by Gasteiger charge is 2.03.